The number of benzene rings is 3. The fraction of sp³-hybridized carbons (Fsp3) is 0.136. The summed E-state index contributed by atoms with van der Waals surface area (Å²) >= 11 is 0. The molecule has 25 heavy (non-hydrogen) atoms. The molecular formula is C22H19NO2. The summed E-state index contributed by atoms with van der Waals surface area (Å²) < 4.78 is 5.93. The first-order valence-electron chi connectivity index (χ1n) is 8.41. The number of fused-ring (bicyclic) bond motifs is 1. The van der Waals surface area contributed by atoms with Crippen molar-refractivity contribution >= 4 is 11.6 Å². The fourth-order valence-electron chi connectivity index (χ4n) is 3.20. The van der Waals surface area contributed by atoms with Crippen molar-refractivity contribution in [3.05, 3.63) is 95.6 Å². The van der Waals surface area contributed by atoms with E-state index in [0.29, 0.717) is 12.2 Å². The van der Waals surface area contributed by atoms with Gasteiger partial charge in [0.25, 0.3) is 5.91 Å². The Bertz CT molecular complexity index is 887. The zero-order valence-electron chi connectivity index (χ0n) is 14.1. The minimum absolute atomic E-state index is 0.00963. The number of ether oxygens (including phenoxy) is 1. The van der Waals surface area contributed by atoms with Crippen molar-refractivity contribution in [1.82, 2.24) is 0 Å². The Hall–Kier alpha value is -3.07. The molecule has 1 aliphatic heterocycles. The predicted molar refractivity (Wildman–Crippen MR) is 99.1 cm³/mol. The van der Waals surface area contributed by atoms with Crippen LogP contribution in [0.4, 0.5) is 5.69 Å². The van der Waals surface area contributed by atoms with E-state index in [1.807, 2.05) is 90.7 Å². The van der Waals surface area contributed by atoms with Gasteiger partial charge in [0.1, 0.15) is 12.4 Å². The van der Waals surface area contributed by atoms with Gasteiger partial charge in [-0.15, -0.1) is 0 Å². The van der Waals surface area contributed by atoms with Crippen molar-refractivity contribution in [1.29, 1.82) is 0 Å². The topological polar surface area (TPSA) is 29.5 Å². The van der Waals surface area contributed by atoms with Crippen molar-refractivity contribution in [2.75, 3.05) is 11.5 Å². The van der Waals surface area contributed by atoms with Crippen molar-refractivity contribution in [2.24, 2.45) is 0 Å². The van der Waals surface area contributed by atoms with Crippen LogP contribution < -0.4 is 9.64 Å². The molecule has 1 amide bonds. The minimum atomic E-state index is -0.148. The van der Waals surface area contributed by atoms with Crippen molar-refractivity contribution in [3.8, 4) is 5.75 Å². The monoisotopic (exact) mass is 329 g/mol. The summed E-state index contributed by atoms with van der Waals surface area (Å²) in [6.07, 6.45) is 0. The first-order chi connectivity index (χ1) is 12.2. The summed E-state index contributed by atoms with van der Waals surface area (Å²) in [6, 6.07) is 25.3. The number of hydrogen-bond acceptors (Lipinski definition) is 2. The molecular weight excluding hydrogens is 310 g/mol. The lowest BCUT2D eigenvalue weighted by molar-refractivity contribution is 0.0957. The summed E-state index contributed by atoms with van der Waals surface area (Å²) in [5, 5.41) is 0. The summed E-state index contributed by atoms with van der Waals surface area (Å²) in [5.74, 6) is 0.736. The SMILES string of the molecule is Cc1ccc(C(=O)N2c3ccccc3OCC2c2ccccc2)cc1. The number of hydrogen-bond donors (Lipinski definition) is 0. The third kappa shape index (κ3) is 2.89. The normalized spacial score (nSPS) is 16.0. The maximum Gasteiger partial charge on any atom is 0.259 e. The molecule has 0 radical (unpaired) electrons. The molecule has 3 aromatic carbocycles. The van der Waals surface area contributed by atoms with E-state index in [-0.39, 0.29) is 11.9 Å². The highest BCUT2D eigenvalue weighted by Gasteiger charge is 2.33. The number of carbonyl (C=O) groups excluding carboxylic acids is 1. The van der Waals surface area contributed by atoms with Crippen LogP contribution in [0.15, 0.2) is 78.9 Å². The number of para-hydroxylation sites is 2. The van der Waals surface area contributed by atoms with Gasteiger partial charge in [0, 0.05) is 5.56 Å². The molecule has 1 aliphatic rings. The van der Waals surface area contributed by atoms with E-state index in [4.69, 9.17) is 4.74 Å². The summed E-state index contributed by atoms with van der Waals surface area (Å²) in [4.78, 5) is 15.2. The molecule has 0 N–H and O–H groups in total. The molecule has 0 saturated heterocycles. The number of aryl methyl sites for hydroxylation is 1. The van der Waals surface area contributed by atoms with Gasteiger partial charge in [-0.25, -0.2) is 0 Å². The average Bonchev–Trinajstić information content (AvgIpc) is 2.68. The van der Waals surface area contributed by atoms with Gasteiger partial charge in [-0.3, -0.25) is 9.69 Å². The van der Waals surface area contributed by atoms with E-state index >= 15 is 0 Å². The first-order valence-corrected chi connectivity index (χ1v) is 8.41. The predicted octanol–water partition coefficient (Wildman–Crippen LogP) is 4.78. The average molecular weight is 329 g/mol. The number of anilines is 1. The van der Waals surface area contributed by atoms with Gasteiger partial charge in [-0.2, -0.15) is 0 Å². The highest BCUT2D eigenvalue weighted by Crippen LogP contribution is 2.40. The van der Waals surface area contributed by atoms with Crippen molar-refractivity contribution < 1.29 is 9.53 Å². The second kappa shape index (κ2) is 6.44. The van der Waals surface area contributed by atoms with E-state index < -0.39 is 0 Å². The molecule has 3 heteroatoms. The third-order valence-corrected chi connectivity index (χ3v) is 4.53. The maximum absolute atomic E-state index is 13.3. The number of amides is 1. The van der Waals surface area contributed by atoms with E-state index in [2.05, 4.69) is 0 Å². The Labute approximate surface area is 147 Å². The van der Waals surface area contributed by atoms with Crippen LogP contribution in [-0.4, -0.2) is 12.5 Å². The Morgan fingerprint density at radius 3 is 2.36 bits per heavy atom. The van der Waals surface area contributed by atoms with Gasteiger partial charge < -0.3 is 4.74 Å². The number of carbonyl (C=O) groups is 1. The van der Waals surface area contributed by atoms with Crippen LogP contribution in [0.2, 0.25) is 0 Å². The van der Waals surface area contributed by atoms with Crippen molar-refractivity contribution in [3.63, 3.8) is 0 Å². The summed E-state index contributed by atoms with van der Waals surface area (Å²) in [7, 11) is 0. The zero-order chi connectivity index (χ0) is 17.2. The Morgan fingerprint density at radius 1 is 0.920 bits per heavy atom. The quantitative estimate of drug-likeness (QED) is 0.677. The van der Waals surface area contributed by atoms with Crippen LogP contribution in [0.5, 0.6) is 5.75 Å². The molecule has 0 spiro atoms. The van der Waals surface area contributed by atoms with Gasteiger partial charge in [0.2, 0.25) is 0 Å². The molecule has 0 aromatic heterocycles. The van der Waals surface area contributed by atoms with Crippen LogP contribution in [0.1, 0.15) is 27.5 Å². The van der Waals surface area contributed by atoms with E-state index in [9.17, 15) is 4.79 Å². The molecule has 3 aromatic rings. The van der Waals surface area contributed by atoms with Crippen LogP contribution in [0.3, 0.4) is 0 Å². The Kier molecular flexibility index (Phi) is 3.98. The van der Waals surface area contributed by atoms with Gasteiger partial charge in [-0.1, -0.05) is 60.2 Å². The fourth-order valence-corrected chi connectivity index (χ4v) is 3.20. The highest BCUT2D eigenvalue weighted by molar-refractivity contribution is 6.07. The molecule has 1 unspecified atom stereocenters. The van der Waals surface area contributed by atoms with Gasteiger partial charge >= 0.3 is 0 Å². The van der Waals surface area contributed by atoms with Crippen LogP contribution in [0.25, 0.3) is 0 Å². The second-order valence-electron chi connectivity index (χ2n) is 6.25. The first kappa shape index (κ1) is 15.5. The maximum atomic E-state index is 13.3. The van der Waals surface area contributed by atoms with Gasteiger partial charge in [-0.05, 0) is 36.8 Å². The molecule has 3 nitrogen and oxygen atoms in total. The molecule has 0 saturated carbocycles. The van der Waals surface area contributed by atoms with Crippen LogP contribution in [0, 0.1) is 6.92 Å². The molecule has 0 aliphatic carbocycles. The van der Waals surface area contributed by atoms with Crippen LogP contribution in [-0.2, 0) is 0 Å². The van der Waals surface area contributed by atoms with E-state index in [0.717, 1.165) is 22.6 Å². The second-order valence-corrected chi connectivity index (χ2v) is 6.25. The summed E-state index contributed by atoms with van der Waals surface area (Å²) in [6.45, 7) is 2.46. The lowest BCUT2D eigenvalue weighted by Crippen LogP contribution is -2.41. The third-order valence-electron chi connectivity index (χ3n) is 4.53. The molecule has 4 rings (SSSR count). The molecule has 1 atom stereocenters. The number of rotatable bonds is 2. The molecule has 0 bridgehead atoms. The minimum Gasteiger partial charge on any atom is -0.489 e. The smallest absolute Gasteiger partial charge is 0.259 e. The van der Waals surface area contributed by atoms with Crippen molar-refractivity contribution in [2.45, 2.75) is 13.0 Å². The van der Waals surface area contributed by atoms with Crippen LogP contribution >= 0.6 is 0 Å². The Balaban J connectivity index is 1.81. The molecule has 124 valence electrons. The van der Waals surface area contributed by atoms with E-state index in [1.54, 1.807) is 0 Å². The molecule has 0 fully saturated rings. The number of nitrogens with zero attached hydrogens (tertiary/aromatic N) is 1. The Morgan fingerprint density at radius 2 is 1.60 bits per heavy atom. The standard InChI is InChI=1S/C22H19NO2/c1-16-11-13-18(14-12-16)22(24)23-19-9-5-6-10-21(19)25-15-20(23)17-7-3-2-4-8-17/h2-14,20H,15H2,1H3. The van der Waals surface area contributed by atoms with Gasteiger partial charge in [0.05, 0.1) is 11.7 Å². The highest BCUT2D eigenvalue weighted by atomic mass is 16.5. The summed E-state index contributed by atoms with van der Waals surface area (Å²) in [5.41, 5.74) is 3.70. The lowest BCUT2D eigenvalue weighted by Gasteiger charge is -2.37. The lowest BCUT2D eigenvalue weighted by atomic mass is 10.0. The molecule has 1 heterocycles. The van der Waals surface area contributed by atoms with Gasteiger partial charge in [0.15, 0.2) is 0 Å². The largest absolute Gasteiger partial charge is 0.489 e. The zero-order valence-corrected chi connectivity index (χ0v) is 14.1. The van der Waals surface area contributed by atoms with E-state index in [1.165, 1.54) is 0 Å².